The largest absolute Gasteiger partial charge is 0.387 e. The molecule has 0 fully saturated rings. The molecule has 9 nitrogen and oxygen atoms in total. The Morgan fingerprint density at radius 3 is 1.89 bits per heavy atom. The van der Waals surface area contributed by atoms with Gasteiger partial charge in [0.1, 0.15) is 24.4 Å². The maximum absolute atomic E-state index is 12.2. The van der Waals surface area contributed by atoms with Crippen molar-refractivity contribution in [3.63, 3.8) is 0 Å². The first kappa shape index (κ1) is 25.9. The summed E-state index contributed by atoms with van der Waals surface area (Å²) in [5.41, 5.74) is 4.71. The Hall–Kier alpha value is -1.07. The fraction of sp³-hybridized carbons (Fsp3) is 0.833. The first-order valence-electron chi connectivity index (χ1n) is 8.98. The van der Waals surface area contributed by atoms with Gasteiger partial charge in [0.2, 0.25) is 0 Å². The van der Waals surface area contributed by atoms with Gasteiger partial charge in [-0.1, -0.05) is 6.58 Å². The second-order valence-electron chi connectivity index (χ2n) is 8.36. The maximum Gasteiger partial charge on any atom is 0.252 e. The van der Waals surface area contributed by atoms with Crippen LogP contribution in [0.3, 0.4) is 0 Å². The quantitative estimate of drug-likeness (QED) is 0.176. The molecule has 0 saturated carbocycles. The Bertz CT molecular complexity index is 497. The van der Waals surface area contributed by atoms with E-state index < -0.39 is 42.0 Å². The van der Waals surface area contributed by atoms with Gasteiger partial charge in [0.05, 0.1) is 0 Å². The Morgan fingerprint density at radius 1 is 0.963 bits per heavy atom. The highest BCUT2D eigenvalue weighted by Gasteiger charge is 2.38. The molecule has 27 heavy (non-hydrogen) atoms. The van der Waals surface area contributed by atoms with E-state index in [1.165, 1.54) is 6.92 Å². The number of hydrogen-bond donors (Lipinski definition) is 8. The summed E-state index contributed by atoms with van der Waals surface area (Å²) in [6, 6.07) is 0. The van der Waals surface area contributed by atoms with Gasteiger partial charge >= 0.3 is 0 Å². The fourth-order valence-electron chi connectivity index (χ4n) is 2.38. The summed E-state index contributed by atoms with van der Waals surface area (Å²) in [6.07, 6.45) is -8.51. The van der Waals surface area contributed by atoms with Gasteiger partial charge in [-0.3, -0.25) is 4.79 Å². The van der Waals surface area contributed by atoms with Crippen molar-refractivity contribution in [2.75, 3.05) is 13.1 Å². The van der Waals surface area contributed by atoms with Crippen LogP contribution in [0.5, 0.6) is 0 Å². The highest BCUT2D eigenvalue weighted by Crippen LogP contribution is 2.14. The molecule has 0 aromatic carbocycles. The van der Waals surface area contributed by atoms with Crippen molar-refractivity contribution in [2.45, 2.75) is 82.6 Å². The van der Waals surface area contributed by atoms with E-state index in [1.807, 2.05) is 13.8 Å². The molecule has 0 aliphatic carbocycles. The van der Waals surface area contributed by atoms with Gasteiger partial charge in [-0.15, -0.1) is 0 Å². The van der Waals surface area contributed by atoms with Crippen LogP contribution in [0.15, 0.2) is 12.2 Å². The Balaban J connectivity index is 4.85. The normalized spacial score (nSPS) is 18.3. The minimum atomic E-state index is -2.00. The second-order valence-corrected chi connectivity index (χ2v) is 8.36. The molecule has 0 aliphatic heterocycles. The predicted octanol–water partition coefficient (Wildman–Crippen LogP) is -2.02. The van der Waals surface area contributed by atoms with Crippen molar-refractivity contribution in [3.05, 3.63) is 12.2 Å². The second kappa shape index (κ2) is 10.5. The Kier molecular flexibility index (Phi) is 10.1. The third-order valence-electron chi connectivity index (χ3n) is 4.36. The molecule has 0 heterocycles. The summed E-state index contributed by atoms with van der Waals surface area (Å²) < 4.78 is 0. The van der Waals surface area contributed by atoms with Gasteiger partial charge in [0, 0.05) is 17.6 Å². The van der Waals surface area contributed by atoms with Crippen LogP contribution in [-0.2, 0) is 4.79 Å². The average Bonchev–Trinajstić information content (AvgIpc) is 2.56. The number of carbonyl (C=O) groups is 1. The lowest BCUT2D eigenvalue weighted by atomic mass is 9.95. The summed E-state index contributed by atoms with van der Waals surface area (Å²) >= 11 is 0. The molecule has 1 amide bonds. The van der Waals surface area contributed by atoms with E-state index >= 15 is 0 Å². The molecular formula is C18H37N3O6. The lowest BCUT2D eigenvalue weighted by Crippen LogP contribution is -2.60. The van der Waals surface area contributed by atoms with Crippen LogP contribution in [0.25, 0.3) is 0 Å². The van der Waals surface area contributed by atoms with Crippen molar-refractivity contribution in [3.8, 4) is 0 Å². The number of nitrogens with two attached hydrogens (primary N) is 1. The molecule has 9 N–H and O–H groups in total. The summed E-state index contributed by atoms with van der Waals surface area (Å²) in [5.74, 6) is -0.915. The van der Waals surface area contributed by atoms with Crippen molar-refractivity contribution in [1.82, 2.24) is 10.6 Å². The van der Waals surface area contributed by atoms with Crippen molar-refractivity contribution in [2.24, 2.45) is 5.73 Å². The summed E-state index contributed by atoms with van der Waals surface area (Å²) in [5, 5.41) is 55.3. The first-order valence-corrected chi connectivity index (χ1v) is 8.98. The van der Waals surface area contributed by atoms with E-state index in [2.05, 4.69) is 17.2 Å². The van der Waals surface area contributed by atoms with Crippen LogP contribution in [0.4, 0.5) is 0 Å². The van der Waals surface area contributed by atoms with Crippen molar-refractivity contribution < 1.29 is 30.3 Å². The van der Waals surface area contributed by atoms with E-state index in [9.17, 15) is 30.3 Å². The number of nitrogens with one attached hydrogen (secondary N) is 2. The number of hydrogen-bond acceptors (Lipinski definition) is 8. The molecule has 0 radical (unpaired) electrons. The summed E-state index contributed by atoms with van der Waals surface area (Å²) in [4.78, 5) is 12.2. The molecule has 0 aromatic heterocycles. The predicted molar refractivity (Wildman–Crippen MR) is 103 cm³/mol. The van der Waals surface area contributed by atoms with Gasteiger partial charge < -0.3 is 41.9 Å². The molecule has 0 aliphatic rings. The van der Waals surface area contributed by atoms with Gasteiger partial charge in [-0.25, -0.2) is 0 Å². The molecular weight excluding hydrogens is 354 g/mol. The number of aliphatic hydroxyl groups excluding tert-OH is 5. The highest BCUT2D eigenvalue weighted by molar-refractivity contribution is 5.82. The van der Waals surface area contributed by atoms with Crippen LogP contribution in [-0.4, -0.2) is 86.1 Å². The van der Waals surface area contributed by atoms with E-state index in [0.29, 0.717) is 13.1 Å². The maximum atomic E-state index is 12.2. The molecule has 9 heteroatoms. The molecule has 0 rings (SSSR count). The van der Waals surface area contributed by atoms with Crippen LogP contribution < -0.4 is 16.4 Å². The zero-order chi connectivity index (χ0) is 21.6. The van der Waals surface area contributed by atoms with Gasteiger partial charge in [-0.2, -0.15) is 0 Å². The third kappa shape index (κ3) is 8.65. The molecule has 0 aromatic rings. The zero-order valence-corrected chi connectivity index (χ0v) is 16.9. The lowest BCUT2D eigenvalue weighted by Gasteiger charge is -2.35. The van der Waals surface area contributed by atoms with Crippen LogP contribution >= 0.6 is 0 Å². The minimum Gasteiger partial charge on any atom is -0.387 e. The van der Waals surface area contributed by atoms with Crippen LogP contribution in [0, 0.1) is 0 Å². The average molecular weight is 392 g/mol. The van der Waals surface area contributed by atoms with Gasteiger partial charge in [0.15, 0.2) is 6.10 Å². The van der Waals surface area contributed by atoms with Crippen LogP contribution in [0.1, 0.15) is 41.0 Å². The number of amides is 1. The van der Waals surface area contributed by atoms with E-state index in [1.54, 1.807) is 13.8 Å². The Morgan fingerprint density at radius 2 is 1.44 bits per heavy atom. The fourth-order valence-corrected chi connectivity index (χ4v) is 2.38. The van der Waals surface area contributed by atoms with Crippen molar-refractivity contribution in [1.29, 1.82) is 0 Å². The monoisotopic (exact) mass is 391 g/mol. The van der Waals surface area contributed by atoms with E-state index in [4.69, 9.17) is 5.73 Å². The standard InChI is InChI=1S/C18H37N3O6/c1-10(2)11(22)12(23)13(24)14(25)15(26)16(27)21-18(5,6)9-20-17(3,4)7-8-19/h11-15,20,22-26H,1,7-9,19H2,2-6H3,(H,21,27)/t11?,12-,13+,14-,15-/m0/s1. The number of carbonyl (C=O) groups excluding carboxylic acids is 1. The SMILES string of the molecule is C=C(C)C(O)[C@H](O)[C@@H](O)[C@H](O)[C@H](O)C(=O)NC(C)(C)CNC(C)(C)CCN. The first-order chi connectivity index (χ1) is 12.1. The third-order valence-corrected chi connectivity index (χ3v) is 4.36. The zero-order valence-electron chi connectivity index (χ0n) is 16.9. The smallest absolute Gasteiger partial charge is 0.252 e. The lowest BCUT2D eigenvalue weighted by molar-refractivity contribution is -0.153. The van der Waals surface area contributed by atoms with Gasteiger partial charge in [-0.05, 0) is 53.2 Å². The van der Waals surface area contributed by atoms with Crippen molar-refractivity contribution >= 4 is 5.91 Å². The molecule has 160 valence electrons. The summed E-state index contributed by atoms with van der Waals surface area (Å²) in [7, 11) is 0. The van der Waals surface area contributed by atoms with E-state index in [0.717, 1.165) is 6.42 Å². The number of aliphatic hydroxyl groups is 5. The Labute approximate surface area is 161 Å². The van der Waals surface area contributed by atoms with E-state index in [-0.39, 0.29) is 11.1 Å². The molecule has 0 spiro atoms. The minimum absolute atomic E-state index is 0.167. The van der Waals surface area contributed by atoms with Crippen LogP contribution in [0.2, 0.25) is 0 Å². The molecule has 5 atom stereocenters. The number of rotatable bonds is 12. The highest BCUT2D eigenvalue weighted by atomic mass is 16.4. The molecule has 1 unspecified atom stereocenters. The molecule has 0 saturated heterocycles. The van der Waals surface area contributed by atoms with Gasteiger partial charge in [0.25, 0.3) is 5.91 Å². The summed E-state index contributed by atoms with van der Waals surface area (Å²) in [6.45, 7) is 13.1. The topological polar surface area (TPSA) is 168 Å². The molecule has 0 bridgehead atoms.